The van der Waals surface area contributed by atoms with Gasteiger partial charge in [0, 0.05) is 26.1 Å². The minimum Gasteiger partial charge on any atom is -0.481 e. The second kappa shape index (κ2) is 7.44. The van der Waals surface area contributed by atoms with E-state index in [9.17, 15) is 14.4 Å². The minimum atomic E-state index is -0.895. The van der Waals surface area contributed by atoms with Crippen LogP contribution in [0.25, 0.3) is 0 Å². The van der Waals surface area contributed by atoms with Gasteiger partial charge < -0.3 is 20.6 Å². The van der Waals surface area contributed by atoms with Gasteiger partial charge in [0.2, 0.25) is 5.91 Å². The Balaban J connectivity index is 2.01. The highest BCUT2D eigenvalue weighted by Crippen LogP contribution is 2.22. The lowest BCUT2D eigenvalue weighted by molar-refractivity contribution is -0.137. The molecule has 7 heteroatoms. The zero-order valence-corrected chi connectivity index (χ0v) is 12.1. The Morgan fingerprint density at radius 3 is 2.73 bits per heavy atom. The smallest absolute Gasteiger partial charge is 0.318 e. The average molecular weight is 305 g/mol. The summed E-state index contributed by atoms with van der Waals surface area (Å²) < 4.78 is 0. The van der Waals surface area contributed by atoms with E-state index < -0.39 is 12.0 Å². The third-order valence-corrected chi connectivity index (χ3v) is 3.43. The second-order valence-corrected chi connectivity index (χ2v) is 5.03. The van der Waals surface area contributed by atoms with Crippen LogP contribution in [-0.4, -0.2) is 47.5 Å². The number of carboxylic acids is 1. The second-order valence-electron chi connectivity index (χ2n) is 5.03. The maximum Gasteiger partial charge on any atom is 0.318 e. The summed E-state index contributed by atoms with van der Waals surface area (Å²) in [6.07, 6.45) is 0.361. The van der Waals surface area contributed by atoms with Gasteiger partial charge in [0.05, 0.1) is 0 Å². The molecule has 0 aromatic heterocycles. The number of rotatable bonds is 5. The number of piperazine rings is 1. The van der Waals surface area contributed by atoms with E-state index in [-0.39, 0.29) is 24.9 Å². The largest absolute Gasteiger partial charge is 0.481 e. The standard InChI is InChI=1S/C15H19N3O4/c19-12(20)7-4-8-17-15(22)18-10-9-16-14(21)13(18)11-5-2-1-3-6-11/h1-3,5-6,13H,4,7-10H2,(H,16,21)(H,17,22)(H,19,20). The van der Waals surface area contributed by atoms with Gasteiger partial charge in [-0.1, -0.05) is 30.3 Å². The van der Waals surface area contributed by atoms with Crippen LogP contribution in [0.5, 0.6) is 0 Å². The van der Waals surface area contributed by atoms with Crippen molar-refractivity contribution in [1.82, 2.24) is 15.5 Å². The van der Waals surface area contributed by atoms with E-state index in [4.69, 9.17) is 5.11 Å². The normalized spacial score (nSPS) is 17.7. The lowest BCUT2D eigenvalue weighted by Gasteiger charge is -2.35. The van der Waals surface area contributed by atoms with Crippen LogP contribution in [0.3, 0.4) is 0 Å². The molecule has 1 aromatic carbocycles. The van der Waals surface area contributed by atoms with Gasteiger partial charge in [-0.15, -0.1) is 0 Å². The van der Waals surface area contributed by atoms with Gasteiger partial charge in [0.15, 0.2) is 0 Å². The third-order valence-electron chi connectivity index (χ3n) is 3.43. The van der Waals surface area contributed by atoms with Crippen LogP contribution in [0.4, 0.5) is 4.79 Å². The molecule has 2 rings (SSSR count). The molecule has 118 valence electrons. The van der Waals surface area contributed by atoms with Crippen molar-refractivity contribution in [2.75, 3.05) is 19.6 Å². The molecule has 0 radical (unpaired) electrons. The molecule has 0 aliphatic carbocycles. The molecule has 22 heavy (non-hydrogen) atoms. The number of carbonyl (C=O) groups is 3. The van der Waals surface area contributed by atoms with Gasteiger partial charge in [-0.3, -0.25) is 9.59 Å². The first kappa shape index (κ1) is 15.8. The summed E-state index contributed by atoms with van der Waals surface area (Å²) in [6.45, 7) is 1.09. The molecule has 1 fully saturated rings. The summed E-state index contributed by atoms with van der Waals surface area (Å²) in [4.78, 5) is 36.3. The fourth-order valence-corrected chi connectivity index (χ4v) is 2.39. The molecule has 1 aromatic rings. The monoisotopic (exact) mass is 305 g/mol. The van der Waals surface area contributed by atoms with E-state index in [1.54, 1.807) is 12.1 Å². The average Bonchev–Trinajstić information content (AvgIpc) is 2.51. The number of hydrogen-bond donors (Lipinski definition) is 3. The third kappa shape index (κ3) is 3.97. The molecular weight excluding hydrogens is 286 g/mol. The lowest BCUT2D eigenvalue weighted by Crippen LogP contribution is -2.54. The summed E-state index contributed by atoms with van der Waals surface area (Å²) in [6, 6.07) is 8.09. The van der Waals surface area contributed by atoms with Crippen LogP contribution >= 0.6 is 0 Å². The SMILES string of the molecule is O=C(O)CCCNC(=O)N1CCNC(=O)C1c1ccccc1. The minimum absolute atomic E-state index is 0.00286. The van der Waals surface area contributed by atoms with E-state index >= 15 is 0 Å². The van der Waals surface area contributed by atoms with Crippen molar-refractivity contribution in [1.29, 1.82) is 0 Å². The van der Waals surface area contributed by atoms with E-state index in [1.165, 1.54) is 4.90 Å². The highest BCUT2D eigenvalue weighted by molar-refractivity contribution is 5.89. The van der Waals surface area contributed by atoms with E-state index in [0.29, 0.717) is 19.5 Å². The molecule has 1 saturated heterocycles. The van der Waals surface area contributed by atoms with Crippen LogP contribution in [0, 0.1) is 0 Å². The Bertz CT molecular complexity index is 547. The van der Waals surface area contributed by atoms with Crippen LogP contribution in [0.15, 0.2) is 30.3 Å². The summed E-state index contributed by atoms with van der Waals surface area (Å²) in [5.74, 6) is -1.10. The molecule has 1 aliphatic rings. The van der Waals surface area contributed by atoms with E-state index in [0.717, 1.165) is 5.56 Å². The van der Waals surface area contributed by atoms with Crippen LogP contribution in [0.1, 0.15) is 24.4 Å². The summed E-state index contributed by atoms with van der Waals surface area (Å²) in [5.41, 5.74) is 0.750. The Hall–Kier alpha value is -2.57. The number of carboxylic acid groups (broad SMARTS) is 1. The number of nitrogens with one attached hydrogen (secondary N) is 2. The highest BCUT2D eigenvalue weighted by Gasteiger charge is 2.34. The van der Waals surface area contributed by atoms with Gasteiger partial charge in [0.1, 0.15) is 6.04 Å². The molecule has 0 saturated carbocycles. The zero-order chi connectivity index (χ0) is 15.9. The van der Waals surface area contributed by atoms with Gasteiger partial charge in [-0.25, -0.2) is 4.79 Å². The highest BCUT2D eigenvalue weighted by atomic mass is 16.4. The molecule has 1 heterocycles. The van der Waals surface area contributed by atoms with E-state index in [2.05, 4.69) is 10.6 Å². The van der Waals surface area contributed by atoms with Crippen molar-refractivity contribution in [3.05, 3.63) is 35.9 Å². The number of nitrogens with zero attached hydrogens (tertiary/aromatic N) is 1. The zero-order valence-electron chi connectivity index (χ0n) is 12.1. The number of aliphatic carboxylic acids is 1. The predicted molar refractivity (Wildman–Crippen MR) is 79.2 cm³/mol. The summed E-state index contributed by atoms with van der Waals surface area (Å²) in [7, 11) is 0. The van der Waals surface area contributed by atoms with Gasteiger partial charge >= 0.3 is 12.0 Å². The van der Waals surface area contributed by atoms with Crippen molar-refractivity contribution in [2.45, 2.75) is 18.9 Å². The Morgan fingerprint density at radius 1 is 1.32 bits per heavy atom. The molecular formula is C15H19N3O4. The quantitative estimate of drug-likeness (QED) is 0.699. The summed E-state index contributed by atoms with van der Waals surface area (Å²) in [5, 5.41) is 14.0. The van der Waals surface area contributed by atoms with Gasteiger partial charge in [-0.2, -0.15) is 0 Å². The molecule has 7 nitrogen and oxygen atoms in total. The van der Waals surface area contributed by atoms with Gasteiger partial charge in [0.25, 0.3) is 0 Å². The maximum absolute atomic E-state index is 12.3. The number of benzene rings is 1. The Labute approximate surface area is 128 Å². The van der Waals surface area contributed by atoms with Crippen molar-refractivity contribution in [3.63, 3.8) is 0 Å². The van der Waals surface area contributed by atoms with Crippen molar-refractivity contribution >= 4 is 17.9 Å². The lowest BCUT2D eigenvalue weighted by atomic mass is 10.0. The molecule has 1 atom stereocenters. The first-order valence-corrected chi connectivity index (χ1v) is 7.18. The first-order chi connectivity index (χ1) is 10.6. The molecule has 0 spiro atoms. The van der Waals surface area contributed by atoms with Crippen molar-refractivity contribution in [2.24, 2.45) is 0 Å². The number of amides is 3. The fraction of sp³-hybridized carbons (Fsp3) is 0.400. The Kier molecular flexibility index (Phi) is 5.35. The molecule has 3 amide bonds. The van der Waals surface area contributed by atoms with Crippen LogP contribution < -0.4 is 10.6 Å². The molecule has 0 bridgehead atoms. The van der Waals surface area contributed by atoms with Crippen molar-refractivity contribution in [3.8, 4) is 0 Å². The molecule has 1 aliphatic heterocycles. The number of carbonyl (C=O) groups excluding carboxylic acids is 2. The van der Waals surface area contributed by atoms with E-state index in [1.807, 2.05) is 18.2 Å². The maximum atomic E-state index is 12.3. The molecule has 3 N–H and O–H groups in total. The Morgan fingerprint density at radius 2 is 2.05 bits per heavy atom. The predicted octanol–water partition coefficient (Wildman–Crippen LogP) is 0.734. The van der Waals surface area contributed by atoms with Gasteiger partial charge in [-0.05, 0) is 12.0 Å². The fourth-order valence-electron chi connectivity index (χ4n) is 2.39. The first-order valence-electron chi connectivity index (χ1n) is 7.18. The van der Waals surface area contributed by atoms with Crippen LogP contribution in [-0.2, 0) is 9.59 Å². The van der Waals surface area contributed by atoms with Crippen molar-refractivity contribution < 1.29 is 19.5 Å². The molecule has 1 unspecified atom stereocenters. The number of hydrogen-bond acceptors (Lipinski definition) is 3. The summed E-state index contributed by atoms with van der Waals surface area (Å²) >= 11 is 0. The topological polar surface area (TPSA) is 98.7 Å². The number of urea groups is 1. The van der Waals surface area contributed by atoms with Crippen LogP contribution in [0.2, 0.25) is 0 Å².